The van der Waals surface area contributed by atoms with Crippen molar-refractivity contribution in [2.24, 2.45) is 0 Å². The van der Waals surface area contributed by atoms with Crippen molar-refractivity contribution in [2.45, 2.75) is 70.4 Å². The van der Waals surface area contributed by atoms with Gasteiger partial charge in [0.05, 0.1) is 28.4 Å². The molecule has 0 bridgehead atoms. The fraction of sp³-hybridized carbons (Fsp3) is 0.333. The minimum Gasteiger partial charge on any atom is -0.491 e. The van der Waals surface area contributed by atoms with E-state index in [-0.39, 0.29) is 22.5 Å². The van der Waals surface area contributed by atoms with Gasteiger partial charge in [-0.15, -0.1) is 0 Å². The van der Waals surface area contributed by atoms with Crippen LogP contribution >= 0.6 is 0 Å². The van der Waals surface area contributed by atoms with Gasteiger partial charge in [0.1, 0.15) is 24.3 Å². The van der Waals surface area contributed by atoms with Crippen LogP contribution in [0.1, 0.15) is 72.1 Å². The van der Waals surface area contributed by atoms with Crippen molar-refractivity contribution in [2.75, 3.05) is 44.2 Å². The second kappa shape index (κ2) is 15.8. The standard InChI is InChI=1S/C48H50N6O6S/c1-31-9-18-37(19-10-31)61(57,58)54-42(35-13-11-33(12-14-35)29-51-21-23-52(24-22-51)47(56)60-48(3,4)5)28-40-44(49-30-50-45(40)54)38-7-6-8-41(32(38)2)53-25-26-59-43-27-36(34-15-16-34)17-20-39(43)46(53)55/h6-14,17-20,27-28,30,34H,15-16,21-26,29H2,1-5H3. The summed E-state index contributed by atoms with van der Waals surface area (Å²) in [6.07, 6.45) is 3.43. The third-order valence-corrected chi connectivity index (χ3v) is 13.5. The molecule has 61 heavy (non-hydrogen) atoms. The molecule has 13 heteroatoms. The fourth-order valence-electron chi connectivity index (χ4n) is 8.32. The highest BCUT2D eigenvalue weighted by atomic mass is 32.2. The third kappa shape index (κ3) is 7.99. The van der Waals surface area contributed by atoms with Crippen LogP contribution in [0.5, 0.6) is 5.75 Å². The molecule has 2 aromatic heterocycles. The number of rotatable bonds is 8. The molecule has 0 atom stereocenters. The van der Waals surface area contributed by atoms with Gasteiger partial charge in [-0.3, -0.25) is 9.69 Å². The van der Waals surface area contributed by atoms with Crippen molar-refractivity contribution in [1.82, 2.24) is 23.7 Å². The number of piperazine rings is 1. The average molecular weight is 839 g/mol. The van der Waals surface area contributed by atoms with Crippen LogP contribution in [0.4, 0.5) is 10.5 Å². The smallest absolute Gasteiger partial charge is 0.410 e. The van der Waals surface area contributed by atoms with Crippen LogP contribution in [0.15, 0.2) is 102 Å². The van der Waals surface area contributed by atoms with Gasteiger partial charge in [0.25, 0.3) is 15.9 Å². The number of carbonyl (C=O) groups excluding carboxylic acids is 2. The lowest BCUT2D eigenvalue weighted by atomic mass is 10.00. The van der Waals surface area contributed by atoms with Crippen LogP contribution in [0.25, 0.3) is 33.5 Å². The molecule has 3 aliphatic rings. The highest BCUT2D eigenvalue weighted by Gasteiger charge is 2.32. The number of amides is 2. The lowest BCUT2D eigenvalue weighted by molar-refractivity contribution is 0.0139. The molecule has 2 amide bonds. The quantitative estimate of drug-likeness (QED) is 0.148. The highest BCUT2D eigenvalue weighted by molar-refractivity contribution is 7.90. The van der Waals surface area contributed by atoms with E-state index >= 15 is 0 Å². The molecular weight excluding hydrogens is 789 g/mol. The Morgan fingerprint density at radius 1 is 0.852 bits per heavy atom. The lowest BCUT2D eigenvalue weighted by Gasteiger charge is -2.35. The van der Waals surface area contributed by atoms with E-state index in [0.717, 1.165) is 40.8 Å². The van der Waals surface area contributed by atoms with Crippen molar-refractivity contribution >= 4 is 38.7 Å². The molecule has 6 aromatic rings. The molecule has 9 rings (SSSR count). The predicted molar refractivity (Wildman–Crippen MR) is 236 cm³/mol. The normalized spacial score (nSPS) is 16.3. The molecule has 4 aromatic carbocycles. The van der Waals surface area contributed by atoms with Gasteiger partial charge in [-0.1, -0.05) is 60.2 Å². The lowest BCUT2D eigenvalue weighted by Crippen LogP contribution is -2.49. The molecule has 0 spiro atoms. The molecule has 4 heterocycles. The Hall–Kier alpha value is -6.05. The molecule has 1 saturated heterocycles. The zero-order valence-electron chi connectivity index (χ0n) is 35.2. The first kappa shape index (κ1) is 40.4. The maximum absolute atomic E-state index is 14.7. The minimum atomic E-state index is -4.14. The molecule has 1 aliphatic carbocycles. The number of carbonyl (C=O) groups is 2. The van der Waals surface area contributed by atoms with Gasteiger partial charge < -0.3 is 19.3 Å². The molecular formula is C48H50N6O6S. The number of hydrogen-bond donors (Lipinski definition) is 0. The molecule has 2 fully saturated rings. The van der Waals surface area contributed by atoms with Crippen molar-refractivity contribution in [3.8, 4) is 28.3 Å². The van der Waals surface area contributed by atoms with Crippen molar-refractivity contribution in [3.05, 3.63) is 125 Å². The zero-order chi connectivity index (χ0) is 42.6. The largest absolute Gasteiger partial charge is 0.491 e. The van der Waals surface area contributed by atoms with E-state index in [1.54, 1.807) is 34.1 Å². The van der Waals surface area contributed by atoms with E-state index in [1.807, 2.05) is 101 Å². The number of ether oxygens (including phenoxy) is 2. The van der Waals surface area contributed by atoms with Gasteiger partial charge in [0.15, 0.2) is 5.65 Å². The number of benzene rings is 4. The maximum Gasteiger partial charge on any atom is 0.410 e. The number of anilines is 1. The summed E-state index contributed by atoms with van der Waals surface area (Å²) in [6.45, 7) is 13.5. The summed E-state index contributed by atoms with van der Waals surface area (Å²) in [7, 11) is -4.14. The Bertz CT molecular complexity index is 2770. The molecule has 1 saturated carbocycles. The van der Waals surface area contributed by atoms with Gasteiger partial charge >= 0.3 is 6.09 Å². The molecule has 0 radical (unpaired) electrons. The van der Waals surface area contributed by atoms with E-state index in [0.29, 0.717) is 85.4 Å². The molecule has 314 valence electrons. The van der Waals surface area contributed by atoms with E-state index in [4.69, 9.17) is 14.5 Å². The van der Waals surface area contributed by atoms with Crippen molar-refractivity contribution in [3.63, 3.8) is 0 Å². The number of hydrogen-bond acceptors (Lipinski definition) is 9. The summed E-state index contributed by atoms with van der Waals surface area (Å²) in [5.41, 5.74) is 7.46. The Labute approximate surface area is 356 Å². The number of nitrogens with zero attached hydrogens (tertiary/aromatic N) is 6. The summed E-state index contributed by atoms with van der Waals surface area (Å²) < 4.78 is 42.4. The van der Waals surface area contributed by atoms with Gasteiger partial charge in [-0.2, -0.15) is 0 Å². The Kier molecular flexibility index (Phi) is 10.4. The van der Waals surface area contributed by atoms with Gasteiger partial charge in [0.2, 0.25) is 0 Å². The first-order chi connectivity index (χ1) is 29.2. The second-order valence-corrected chi connectivity index (χ2v) is 19.1. The van der Waals surface area contributed by atoms with Crippen molar-refractivity contribution in [1.29, 1.82) is 0 Å². The monoisotopic (exact) mass is 838 g/mol. The van der Waals surface area contributed by atoms with Crippen LogP contribution < -0.4 is 9.64 Å². The molecule has 0 unspecified atom stereocenters. The summed E-state index contributed by atoms with van der Waals surface area (Å²) in [5, 5.41) is 0.559. The van der Waals surface area contributed by atoms with E-state index in [2.05, 4.69) is 9.88 Å². The van der Waals surface area contributed by atoms with Crippen molar-refractivity contribution < 1.29 is 27.5 Å². The zero-order valence-corrected chi connectivity index (χ0v) is 36.0. The van der Waals surface area contributed by atoms with Gasteiger partial charge in [0, 0.05) is 49.4 Å². The second-order valence-electron chi connectivity index (χ2n) is 17.3. The van der Waals surface area contributed by atoms with Crippen LogP contribution in [0.3, 0.4) is 0 Å². The Morgan fingerprint density at radius 3 is 2.30 bits per heavy atom. The van der Waals surface area contributed by atoms with Crippen LogP contribution in [0, 0.1) is 13.8 Å². The van der Waals surface area contributed by atoms with E-state index < -0.39 is 15.6 Å². The Morgan fingerprint density at radius 2 is 1.59 bits per heavy atom. The van der Waals surface area contributed by atoms with E-state index in [1.165, 1.54) is 15.9 Å². The third-order valence-electron chi connectivity index (χ3n) is 11.7. The summed E-state index contributed by atoms with van der Waals surface area (Å²) in [5.74, 6) is 1.03. The minimum absolute atomic E-state index is 0.132. The topological polar surface area (TPSA) is 127 Å². The summed E-state index contributed by atoms with van der Waals surface area (Å²) >= 11 is 0. The first-order valence-electron chi connectivity index (χ1n) is 20.9. The van der Waals surface area contributed by atoms with Crippen LogP contribution in [-0.2, 0) is 21.3 Å². The average Bonchev–Trinajstić information content (AvgIpc) is 4.03. The molecule has 2 aliphatic heterocycles. The van der Waals surface area contributed by atoms with Crippen LogP contribution in [-0.4, -0.2) is 89.1 Å². The van der Waals surface area contributed by atoms with Gasteiger partial charge in [-0.05, 0) is 112 Å². The summed E-state index contributed by atoms with van der Waals surface area (Å²) in [6, 6.07) is 28.3. The maximum atomic E-state index is 14.7. The molecule has 12 nitrogen and oxygen atoms in total. The predicted octanol–water partition coefficient (Wildman–Crippen LogP) is 8.59. The number of fused-ring (bicyclic) bond motifs is 2. The van der Waals surface area contributed by atoms with E-state index in [9.17, 15) is 18.0 Å². The van der Waals surface area contributed by atoms with Gasteiger partial charge in [-0.25, -0.2) is 27.2 Å². The first-order valence-corrected chi connectivity index (χ1v) is 22.4. The number of aromatic nitrogens is 3. The molecule has 0 N–H and O–H groups in total. The fourth-order valence-corrected chi connectivity index (χ4v) is 9.80. The highest BCUT2D eigenvalue weighted by Crippen LogP contribution is 2.43. The number of aryl methyl sites for hydroxylation is 1. The van der Waals surface area contributed by atoms with Crippen LogP contribution in [0.2, 0.25) is 0 Å². The SMILES string of the molecule is Cc1ccc(S(=O)(=O)n2c(-c3ccc(CN4CCN(C(=O)OC(C)(C)C)CC4)cc3)cc3c(-c4cccc(N5CCOc6cc(C7CC7)ccc6C5=O)c4C)ncnc32)cc1. The Balaban J connectivity index is 1.06. The summed E-state index contributed by atoms with van der Waals surface area (Å²) in [4.78, 5) is 42.1.